The van der Waals surface area contributed by atoms with Crippen molar-refractivity contribution in [2.75, 3.05) is 6.61 Å². The Kier molecular flexibility index (Phi) is 7.43. The number of rotatable bonds is 8. The third kappa shape index (κ3) is 5.96. The third-order valence-electron chi connectivity index (χ3n) is 4.43. The number of amides is 2. The molecule has 0 aliphatic rings. The van der Waals surface area contributed by atoms with E-state index in [1.54, 1.807) is 49.4 Å². The third-order valence-corrected chi connectivity index (χ3v) is 4.43. The average Bonchev–Trinajstić information content (AvgIpc) is 2.82. The Hall–Kier alpha value is -4.06. The van der Waals surface area contributed by atoms with Crippen molar-refractivity contribution in [2.45, 2.75) is 13.0 Å². The highest BCUT2D eigenvalue weighted by molar-refractivity contribution is 5.98. The summed E-state index contributed by atoms with van der Waals surface area (Å²) < 4.78 is 11.1. The fourth-order valence-electron chi connectivity index (χ4n) is 2.83. The lowest BCUT2D eigenvalue weighted by atomic mass is 10.1. The Bertz CT molecular complexity index is 1030. The SMILES string of the molecule is C=CCOc1ccccc1C(=O)NNC(=O)[C@H](C)Oc1ccc(-c2ccccc2)cc1. The summed E-state index contributed by atoms with van der Waals surface area (Å²) >= 11 is 0. The zero-order chi connectivity index (χ0) is 22.1. The maximum Gasteiger partial charge on any atom is 0.279 e. The van der Waals surface area contributed by atoms with Gasteiger partial charge in [0.15, 0.2) is 6.10 Å². The molecule has 0 aromatic heterocycles. The molecule has 158 valence electrons. The number of para-hydroxylation sites is 1. The van der Waals surface area contributed by atoms with Crippen LogP contribution in [0.2, 0.25) is 0 Å². The number of hydrazine groups is 1. The Morgan fingerprint density at radius 1 is 0.903 bits per heavy atom. The number of ether oxygens (including phenoxy) is 2. The van der Waals surface area contributed by atoms with Gasteiger partial charge in [0.2, 0.25) is 0 Å². The van der Waals surface area contributed by atoms with Crippen LogP contribution in [0.4, 0.5) is 0 Å². The summed E-state index contributed by atoms with van der Waals surface area (Å²) in [5.41, 5.74) is 7.22. The standard InChI is InChI=1S/C25H24N2O4/c1-3-17-30-23-12-8-7-11-22(23)25(29)27-26-24(28)18(2)31-21-15-13-20(14-16-21)19-9-5-4-6-10-19/h3-16,18H,1,17H2,2H3,(H,26,28)(H,27,29)/t18-/m0/s1. The molecule has 3 aromatic rings. The summed E-state index contributed by atoms with van der Waals surface area (Å²) in [5.74, 6) is -0.0221. The highest BCUT2D eigenvalue weighted by Gasteiger charge is 2.17. The van der Waals surface area contributed by atoms with Gasteiger partial charge in [-0.05, 0) is 42.3 Å². The first-order chi connectivity index (χ1) is 15.1. The Balaban J connectivity index is 1.54. The summed E-state index contributed by atoms with van der Waals surface area (Å²) in [7, 11) is 0. The van der Waals surface area contributed by atoms with Gasteiger partial charge in [-0.2, -0.15) is 0 Å². The predicted molar refractivity (Wildman–Crippen MR) is 120 cm³/mol. The molecule has 0 unspecified atom stereocenters. The Labute approximate surface area is 181 Å². The molecule has 31 heavy (non-hydrogen) atoms. The molecule has 0 aliphatic carbocycles. The number of hydrogen-bond acceptors (Lipinski definition) is 4. The molecule has 6 nitrogen and oxygen atoms in total. The van der Waals surface area contributed by atoms with Gasteiger partial charge in [0.25, 0.3) is 11.8 Å². The summed E-state index contributed by atoms with van der Waals surface area (Å²) in [5, 5.41) is 0. The number of benzene rings is 3. The van der Waals surface area contributed by atoms with E-state index in [2.05, 4.69) is 17.4 Å². The van der Waals surface area contributed by atoms with Crippen molar-refractivity contribution in [1.82, 2.24) is 10.9 Å². The van der Waals surface area contributed by atoms with Crippen molar-refractivity contribution in [2.24, 2.45) is 0 Å². The van der Waals surface area contributed by atoms with Crippen molar-refractivity contribution >= 4 is 11.8 Å². The van der Waals surface area contributed by atoms with Gasteiger partial charge in [-0.25, -0.2) is 0 Å². The molecule has 1 atom stereocenters. The van der Waals surface area contributed by atoms with E-state index in [4.69, 9.17) is 9.47 Å². The molecule has 2 amide bonds. The second kappa shape index (κ2) is 10.6. The molecule has 3 aromatic carbocycles. The van der Waals surface area contributed by atoms with Crippen LogP contribution in [-0.4, -0.2) is 24.5 Å². The maximum atomic E-state index is 12.4. The topological polar surface area (TPSA) is 76.7 Å². The second-order valence-electron chi connectivity index (χ2n) is 6.69. The second-order valence-corrected chi connectivity index (χ2v) is 6.69. The summed E-state index contributed by atoms with van der Waals surface area (Å²) in [6.45, 7) is 5.46. The van der Waals surface area contributed by atoms with Gasteiger partial charge < -0.3 is 9.47 Å². The summed E-state index contributed by atoms with van der Waals surface area (Å²) in [6, 6.07) is 24.2. The summed E-state index contributed by atoms with van der Waals surface area (Å²) in [4.78, 5) is 24.7. The van der Waals surface area contributed by atoms with Crippen LogP contribution in [-0.2, 0) is 4.79 Å². The zero-order valence-corrected chi connectivity index (χ0v) is 17.2. The molecule has 0 heterocycles. The number of carbonyl (C=O) groups excluding carboxylic acids is 2. The van der Waals surface area contributed by atoms with Crippen LogP contribution in [0.1, 0.15) is 17.3 Å². The minimum atomic E-state index is -0.810. The van der Waals surface area contributed by atoms with E-state index in [1.807, 2.05) is 42.5 Å². The molecule has 3 rings (SSSR count). The van der Waals surface area contributed by atoms with Crippen molar-refractivity contribution in [3.05, 3.63) is 97.1 Å². The first kappa shape index (κ1) is 21.6. The Morgan fingerprint density at radius 2 is 1.55 bits per heavy atom. The van der Waals surface area contributed by atoms with Gasteiger partial charge in [0.1, 0.15) is 18.1 Å². The van der Waals surface area contributed by atoms with Crippen molar-refractivity contribution in [3.8, 4) is 22.6 Å². The van der Waals surface area contributed by atoms with Gasteiger partial charge in [-0.3, -0.25) is 20.4 Å². The monoisotopic (exact) mass is 416 g/mol. The molecule has 0 fully saturated rings. The quantitative estimate of drug-likeness (QED) is 0.427. The van der Waals surface area contributed by atoms with E-state index in [1.165, 1.54) is 0 Å². The van der Waals surface area contributed by atoms with Gasteiger partial charge in [-0.1, -0.05) is 67.3 Å². The van der Waals surface area contributed by atoms with E-state index < -0.39 is 17.9 Å². The van der Waals surface area contributed by atoms with Gasteiger partial charge in [0, 0.05) is 0 Å². The molecule has 0 saturated heterocycles. The molecule has 0 spiro atoms. The van der Waals surface area contributed by atoms with E-state index in [-0.39, 0.29) is 6.61 Å². The average molecular weight is 416 g/mol. The van der Waals surface area contributed by atoms with Crippen LogP contribution in [0.5, 0.6) is 11.5 Å². The Morgan fingerprint density at radius 3 is 2.26 bits per heavy atom. The predicted octanol–water partition coefficient (Wildman–Crippen LogP) is 4.15. The molecular weight excluding hydrogens is 392 g/mol. The van der Waals surface area contributed by atoms with Crippen molar-refractivity contribution in [1.29, 1.82) is 0 Å². The fraction of sp³-hybridized carbons (Fsp3) is 0.120. The highest BCUT2D eigenvalue weighted by Crippen LogP contribution is 2.22. The minimum Gasteiger partial charge on any atom is -0.489 e. The molecule has 0 radical (unpaired) electrons. The number of nitrogens with one attached hydrogen (secondary N) is 2. The minimum absolute atomic E-state index is 0.268. The fourth-order valence-corrected chi connectivity index (χ4v) is 2.83. The van der Waals surface area contributed by atoms with Crippen LogP contribution in [0.15, 0.2) is 91.5 Å². The van der Waals surface area contributed by atoms with E-state index in [0.717, 1.165) is 11.1 Å². The van der Waals surface area contributed by atoms with Crippen LogP contribution in [0, 0.1) is 0 Å². The van der Waals surface area contributed by atoms with Crippen LogP contribution in [0.3, 0.4) is 0 Å². The molecular formula is C25H24N2O4. The number of hydrogen-bond donors (Lipinski definition) is 2. The molecule has 0 saturated carbocycles. The number of carbonyl (C=O) groups is 2. The molecule has 0 bridgehead atoms. The maximum absolute atomic E-state index is 12.4. The van der Waals surface area contributed by atoms with Crippen LogP contribution < -0.4 is 20.3 Å². The van der Waals surface area contributed by atoms with Gasteiger partial charge in [0.05, 0.1) is 5.56 Å². The molecule has 2 N–H and O–H groups in total. The first-order valence-electron chi connectivity index (χ1n) is 9.83. The molecule has 0 aliphatic heterocycles. The lowest BCUT2D eigenvalue weighted by Crippen LogP contribution is -2.47. The van der Waals surface area contributed by atoms with Crippen molar-refractivity contribution in [3.63, 3.8) is 0 Å². The summed E-state index contributed by atoms with van der Waals surface area (Å²) in [6.07, 6.45) is 0.775. The normalized spacial score (nSPS) is 11.1. The lowest BCUT2D eigenvalue weighted by Gasteiger charge is -2.16. The largest absolute Gasteiger partial charge is 0.489 e. The van der Waals surface area contributed by atoms with Crippen molar-refractivity contribution < 1.29 is 19.1 Å². The zero-order valence-electron chi connectivity index (χ0n) is 17.2. The smallest absolute Gasteiger partial charge is 0.279 e. The highest BCUT2D eigenvalue weighted by atomic mass is 16.5. The lowest BCUT2D eigenvalue weighted by molar-refractivity contribution is -0.128. The van der Waals surface area contributed by atoms with Crippen LogP contribution >= 0.6 is 0 Å². The molecule has 6 heteroatoms. The van der Waals surface area contributed by atoms with E-state index in [0.29, 0.717) is 17.1 Å². The first-order valence-corrected chi connectivity index (χ1v) is 9.83. The van der Waals surface area contributed by atoms with Gasteiger partial charge in [-0.15, -0.1) is 0 Å². The van der Waals surface area contributed by atoms with Gasteiger partial charge >= 0.3 is 0 Å². The van der Waals surface area contributed by atoms with E-state index >= 15 is 0 Å². The van der Waals surface area contributed by atoms with E-state index in [9.17, 15) is 9.59 Å². The van der Waals surface area contributed by atoms with Crippen LogP contribution in [0.25, 0.3) is 11.1 Å².